The SMILES string of the molecule is CCC(C)C1OC(=O)CNC(=O)CNC(=O)[C@@H]([C@H](C)O)NC(=O)C(C)[C@H](O)C[C@H](O)CC/C=C/C1C. The lowest BCUT2D eigenvalue weighted by atomic mass is 9.90. The first-order valence-corrected chi connectivity index (χ1v) is 12.6. The molecular formula is C25H43N3O8. The van der Waals surface area contributed by atoms with E-state index < -0.39 is 66.6 Å². The van der Waals surface area contributed by atoms with Crippen molar-refractivity contribution >= 4 is 23.7 Å². The van der Waals surface area contributed by atoms with Crippen LogP contribution in [0.4, 0.5) is 0 Å². The summed E-state index contributed by atoms with van der Waals surface area (Å²) in [5.74, 6) is -3.75. The standard InChI is InChI=1S/C25H43N3O8/c1-6-14(2)23-15(3)9-7-8-10-18(30)11-19(31)16(4)24(34)28-22(17(5)29)25(35)27-12-20(32)26-13-21(33)36-23/h7,9,14-19,22-23,29-31H,6,8,10-13H2,1-5H3,(H,26,32)(H,27,35)(H,28,34)/b9-7+/t14?,15?,16?,17-,18+,19+,22+,23?/m0/s1. The summed E-state index contributed by atoms with van der Waals surface area (Å²) in [6.45, 7) is 7.78. The lowest BCUT2D eigenvalue weighted by molar-refractivity contribution is -0.153. The van der Waals surface area contributed by atoms with Crippen molar-refractivity contribution in [2.75, 3.05) is 13.1 Å². The van der Waals surface area contributed by atoms with Crippen molar-refractivity contribution in [1.82, 2.24) is 16.0 Å². The molecule has 0 radical (unpaired) electrons. The maximum atomic E-state index is 12.6. The first kappa shape index (κ1) is 31.5. The van der Waals surface area contributed by atoms with Gasteiger partial charge in [0, 0.05) is 5.92 Å². The molecule has 6 N–H and O–H groups in total. The van der Waals surface area contributed by atoms with Crippen molar-refractivity contribution < 1.29 is 39.2 Å². The number of cyclic esters (lactones) is 1. The topological polar surface area (TPSA) is 174 Å². The van der Waals surface area contributed by atoms with Crippen LogP contribution in [0.5, 0.6) is 0 Å². The van der Waals surface area contributed by atoms with Gasteiger partial charge in [-0.25, -0.2) is 0 Å². The summed E-state index contributed by atoms with van der Waals surface area (Å²) < 4.78 is 5.64. The van der Waals surface area contributed by atoms with Crippen LogP contribution in [0.2, 0.25) is 0 Å². The van der Waals surface area contributed by atoms with Gasteiger partial charge in [-0.15, -0.1) is 0 Å². The summed E-state index contributed by atoms with van der Waals surface area (Å²) in [6.07, 6.45) is 1.67. The van der Waals surface area contributed by atoms with Crippen LogP contribution in [-0.2, 0) is 23.9 Å². The number of allylic oxidation sites excluding steroid dienone is 1. The summed E-state index contributed by atoms with van der Waals surface area (Å²) in [7, 11) is 0. The maximum absolute atomic E-state index is 12.6. The summed E-state index contributed by atoms with van der Waals surface area (Å²) in [5.41, 5.74) is 0. The predicted octanol–water partition coefficient (Wildman–Crippen LogP) is -0.224. The summed E-state index contributed by atoms with van der Waals surface area (Å²) in [6, 6.07) is -1.37. The Hall–Kier alpha value is -2.50. The first-order valence-electron chi connectivity index (χ1n) is 12.6. The second-order valence-electron chi connectivity index (χ2n) is 9.67. The minimum Gasteiger partial charge on any atom is -0.460 e. The Morgan fingerprint density at radius 1 is 1.06 bits per heavy atom. The number of aliphatic hydroxyl groups is 3. The average Bonchev–Trinajstić information content (AvgIpc) is 2.83. The average molecular weight is 514 g/mol. The zero-order valence-corrected chi connectivity index (χ0v) is 21.9. The van der Waals surface area contributed by atoms with Gasteiger partial charge in [-0.05, 0) is 32.1 Å². The Bertz CT molecular complexity index is 772. The minimum absolute atomic E-state index is 0.0448. The number of hydrogen-bond acceptors (Lipinski definition) is 8. The fourth-order valence-corrected chi connectivity index (χ4v) is 3.85. The Morgan fingerprint density at radius 2 is 1.72 bits per heavy atom. The second kappa shape index (κ2) is 15.6. The molecule has 0 aromatic rings. The molecule has 1 rings (SSSR count). The lowest BCUT2D eigenvalue weighted by Crippen LogP contribution is -2.55. The van der Waals surface area contributed by atoms with E-state index in [1.54, 1.807) is 0 Å². The highest BCUT2D eigenvalue weighted by atomic mass is 16.5. The molecule has 0 spiro atoms. The number of ether oxygens (including phenoxy) is 1. The number of carbonyl (C=O) groups excluding carboxylic acids is 4. The van der Waals surface area contributed by atoms with Gasteiger partial charge in [-0.2, -0.15) is 0 Å². The fraction of sp³-hybridized carbons (Fsp3) is 0.760. The van der Waals surface area contributed by atoms with E-state index in [1.165, 1.54) is 13.8 Å². The van der Waals surface area contributed by atoms with Crippen molar-refractivity contribution in [3.63, 3.8) is 0 Å². The largest absolute Gasteiger partial charge is 0.460 e. The number of carbonyl (C=O) groups is 4. The van der Waals surface area contributed by atoms with Gasteiger partial charge in [0.05, 0.1) is 30.8 Å². The Balaban J connectivity index is 3.06. The van der Waals surface area contributed by atoms with Crippen molar-refractivity contribution in [2.45, 2.75) is 90.8 Å². The molecule has 36 heavy (non-hydrogen) atoms. The maximum Gasteiger partial charge on any atom is 0.325 e. The molecule has 0 aliphatic carbocycles. The first-order chi connectivity index (χ1) is 16.9. The van der Waals surface area contributed by atoms with Gasteiger partial charge in [0.25, 0.3) is 0 Å². The molecule has 0 saturated carbocycles. The van der Waals surface area contributed by atoms with E-state index in [-0.39, 0.29) is 24.8 Å². The van der Waals surface area contributed by atoms with E-state index in [0.717, 1.165) is 6.42 Å². The van der Waals surface area contributed by atoms with E-state index in [9.17, 15) is 34.5 Å². The summed E-state index contributed by atoms with van der Waals surface area (Å²) in [5, 5.41) is 37.8. The highest BCUT2D eigenvalue weighted by Crippen LogP contribution is 2.22. The number of esters is 1. The van der Waals surface area contributed by atoms with Crippen LogP contribution in [-0.4, -0.2) is 82.6 Å². The van der Waals surface area contributed by atoms with Crippen molar-refractivity contribution in [3.05, 3.63) is 12.2 Å². The third-order valence-electron chi connectivity index (χ3n) is 6.52. The van der Waals surface area contributed by atoms with Crippen LogP contribution in [0.3, 0.4) is 0 Å². The van der Waals surface area contributed by atoms with E-state index in [2.05, 4.69) is 16.0 Å². The van der Waals surface area contributed by atoms with Gasteiger partial charge in [0.15, 0.2) is 0 Å². The molecule has 3 amide bonds. The van der Waals surface area contributed by atoms with Crippen LogP contribution >= 0.6 is 0 Å². The molecule has 8 atom stereocenters. The van der Waals surface area contributed by atoms with Gasteiger partial charge in [0.1, 0.15) is 18.7 Å². The Labute approximate surface area is 213 Å². The van der Waals surface area contributed by atoms with Crippen molar-refractivity contribution in [2.24, 2.45) is 17.8 Å². The summed E-state index contributed by atoms with van der Waals surface area (Å²) in [4.78, 5) is 49.6. The fourth-order valence-electron chi connectivity index (χ4n) is 3.85. The van der Waals surface area contributed by atoms with E-state index >= 15 is 0 Å². The van der Waals surface area contributed by atoms with Gasteiger partial charge in [-0.1, -0.05) is 46.3 Å². The molecule has 11 nitrogen and oxygen atoms in total. The zero-order valence-electron chi connectivity index (χ0n) is 21.9. The van der Waals surface area contributed by atoms with Crippen molar-refractivity contribution in [3.8, 4) is 0 Å². The van der Waals surface area contributed by atoms with Crippen LogP contribution in [0.15, 0.2) is 12.2 Å². The van der Waals surface area contributed by atoms with Crippen LogP contribution in [0.1, 0.15) is 60.3 Å². The van der Waals surface area contributed by atoms with Crippen LogP contribution < -0.4 is 16.0 Å². The summed E-state index contributed by atoms with van der Waals surface area (Å²) >= 11 is 0. The van der Waals surface area contributed by atoms with Crippen LogP contribution in [0, 0.1) is 17.8 Å². The van der Waals surface area contributed by atoms with Gasteiger partial charge in [0.2, 0.25) is 17.7 Å². The Morgan fingerprint density at radius 3 is 2.33 bits per heavy atom. The zero-order chi connectivity index (χ0) is 27.4. The molecule has 1 aliphatic heterocycles. The monoisotopic (exact) mass is 513 g/mol. The van der Waals surface area contributed by atoms with E-state index in [4.69, 9.17) is 4.74 Å². The van der Waals surface area contributed by atoms with Gasteiger partial charge in [-0.3, -0.25) is 19.2 Å². The number of rotatable bonds is 3. The lowest BCUT2D eigenvalue weighted by Gasteiger charge is -2.27. The molecule has 0 aromatic heterocycles. The molecule has 11 heteroatoms. The van der Waals surface area contributed by atoms with E-state index in [1.807, 2.05) is 32.9 Å². The Kier molecular flexibility index (Phi) is 13.6. The third kappa shape index (κ3) is 10.6. The molecule has 1 heterocycles. The number of hydrogen-bond donors (Lipinski definition) is 6. The van der Waals surface area contributed by atoms with Crippen LogP contribution in [0.25, 0.3) is 0 Å². The van der Waals surface area contributed by atoms with Crippen molar-refractivity contribution in [1.29, 1.82) is 0 Å². The molecule has 0 fully saturated rings. The predicted molar refractivity (Wildman–Crippen MR) is 132 cm³/mol. The number of nitrogens with one attached hydrogen (secondary N) is 3. The molecule has 0 saturated heterocycles. The van der Waals surface area contributed by atoms with Gasteiger partial charge >= 0.3 is 5.97 Å². The van der Waals surface area contributed by atoms with Gasteiger partial charge < -0.3 is 36.0 Å². The molecule has 0 aromatic carbocycles. The highest BCUT2D eigenvalue weighted by Gasteiger charge is 2.31. The molecule has 206 valence electrons. The normalized spacial score (nSPS) is 33.1. The third-order valence-corrected chi connectivity index (χ3v) is 6.52. The molecular weight excluding hydrogens is 470 g/mol. The highest BCUT2D eigenvalue weighted by molar-refractivity contribution is 5.92. The quantitative estimate of drug-likeness (QED) is 0.222. The molecule has 4 unspecified atom stereocenters. The number of amides is 3. The van der Waals surface area contributed by atoms with E-state index in [0.29, 0.717) is 12.8 Å². The molecule has 1 aliphatic rings. The second-order valence-corrected chi connectivity index (χ2v) is 9.67. The molecule has 0 bridgehead atoms. The smallest absolute Gasteiger partial charge is 0.325 e. The number of aliphatic hydroxyl groups excluding tert-OH is 3. The minimum atomic E-state index is -1.37.